The number of carbonyl (C=O) groups is 1. The third-order valence-corrected chi connectivity index (χ3v) is 2.64. The lowest BCUT2D eigenvalue weighted by Gasteiger charge is -2.00. The second kappa shape index (κ2) is 5.46. The average molecular weight is 245 g/mol. The average Bonchev–Trinajstić information content (AvgIpc) is 2.79. The molecule has 94 valence electrons. The van der Waals surface area contributed by atoms with Gasteiger partial charge in [-0.2, -0.15) is 5.10 Å². The highest BCUT2D eigenvalue weighted by atomic mass is 16.5. The number of aromatic nitrogens is 2. The maximum Gasteiger partial charge on any atom is 0.267 e. The van der Waals surface area contributed by atoms with Gasteiger partial charge in [-0.3, -0.25) is 14.7 Å². The second-order valence-corrected chi connectivity index (χ2v) is 4.00. The van der Waals surface area contributed by atoms with Crippen molar-refractivity contribution in [2.75, 3.05) is 0 Å². The van der Waals surface area contributed by atoms with Crippen LogP contribution in [0, 0.1) is 0 Å². The van der Waals surface area contributed by atoms with Crippen LogP contribution in [0.15, 0.2) is 30.5 Å². The molecule has 5 nitrogen and oxygen atoms in total. The molecular weight excluding hydrogens is 230 g/mol. The highest BCUT2D eigenvalue weighted by molar-refractivity contribution is 5.91. The molecule has 2 aromatic rings. The summed E-state index contributed by atoms with van der Waals surface area (Å²) >= 11 is 0. The second-order valence-electron chi connectivity index (χ2n) is 4.00. The molecule has 0 aliphatic heterocycles. The van der Waals surface area contributed by atoms with Gasteiger partial charge in [-0.15, -0.1) is 0 Å². The van der Waals surface area contributed by atoms with Crippen LogP contribution in [0.25, 0.3) is 17.0 Å². The van der Waals surface area contributed by atoms with E-state index in [0.717, 1.165) is 29.4 Å². The van der Waals surface area contributed by atoms with E-state index in [2.05, 4.69) is 12.0 Å². The molecule has 2 rings (SSSR count). The predicted octanol–water partition coefficient (Wildman–Crippen LogP) is 1.96. The van der Waals surface area contributed by atoms with E-state index in [1.165, 1.54) is 6.08 Å². The Labute approximate surface area is 105 Å². The normalized spacial score (nSPS) is 11.2. The largest absolute Gasteiger partial charge is 0.288 e. The van der Waals surface area contributed by atoms with Crippen molar-refractivity contribution in [3.8, 4) is 0 Å². The van der Waals surface area contributed by atoms with Crippen LogP contribution in [0.1, 0.15) is 18.9 Å². The highest BCUT2D eigenvalue weighted by Gasteiger charge is 2.02. The number of fused-ring (bicyclic) bond motifs is 1. The summed E-state index contributed by atoms with van der Waals surface area (Å²) in [5.41, 5.74) is 3.53. The lowest BCUT2D eigenvalue weighted by molar-refractivity contribution is -0.124. The van der Waals surface area contributed by atoms with Crippen LogP contribution in [0.4, 0.5) is 0 Å². The van der Waals surface area contributed by atoms with Gasteiger partial charge in [0.05, 0.1) is 11.7 Å². The van der Waals surface area contributed by atoms with Crippen LogP contribution in [0.3, 0.4) is 0 Å². The van der Waals surface area contributed by atoms with Gasteiger partial charge in [0, 0.05) is 18.0 Å². The van der Waals surface area contributed by atoms with Crippen LogP contribution in [-0.2, 0) is 11.3 Å². The van der Waals surface area contributed by atoms with Crippen molar-refractivity contribution in [3.05, 3.63) is 36.0 Å². The van der Waals surface area contributed by atoms with Crippen molar-refractivity contribution in [1.29, 1.82) is 0 Å². The van der Waals surface area contributed by atoms with Crippen LogP contribution in [0.5, 0.6) is 0 Å². The predicted molar refractivity (Wildman–Crippen MR) is 69.0 cm³/mol. The highest BCUT2D eigenvalue weighted by Crippen LogP contribution is 2.17. The Balaban J connectivity index is 2.28. The molecule has 0 spiro atoms. The number of nitrogens with zero attached hydrogens (tertiary/aromatic N) is 2. The van der Waals surface area contributed by atoms with Gasteiger partial charge in [-0.05, 0) is 30.2 Å². The molecule has 1 aromatic carbocycles. The van der Waals surface area contributed by atoms with Crippen molar-refractivity contribution in [3.63, 3.8) is 0 Å². The van der Waals surface area contributed by atoms with E-state index >= 15 is 0 Å². The number of hydrogen-bond acceptors (Lipinski definition) is 3. The molecule has 1 aromatic heterocycles. The summed E-state index contributed by atoms with van der Waals surface area (Å²) in [6.07, 6.45) is 5.77. The Kier molecular flexibility index (Phi) is 3.74. The van der Waals surface area contributed by atoms with Crippen LogP contribution in [-0.4, -0.2) is 20.9 Å². The molecular formula is C13H15N3O2. The van der Waals surface area contributed by atoms with Gasteiger partial charge in [0.2, 0.25) is 0 Å². The SMILES string of the molecule is CCCn1ncc2cc(/C=C/C(=O)NO)ccc21. The molecule has 0 atom stereocenters. The zero-order chi connectivity index (χ0) is 13.0. The fraction of sp³-hybridized carbons (Fsp3) is 0.231. The fourth-order valence-electron chi connectivity index (χ4n) is 1.81. The topological polar surface area (TPSA) is 67.2 Å². The quantitative estimate of drug-likeness (QED) is 0.491. The molecule has 2 N–H and O–H groups in total. The molecule has 18 heavy (non-hydrogen) atoms. The molecule has 0 bridgehead atoms. The minimum Gasteiger partial charge on any atom is -0.288 e. The molecule has 0 saturated carbocycles. The summed E-state index contributed by atoms with van der Waals surface area (Å²) in [7, 11) is 0. The van der Waals surface area contributed by atoms with Crippen molar-refractivity contribution < 1.29 is 10.0 Å². The zero-order valence-electron chi connectivity index (χ0n) is 10.1. The van der Waals surface area contributed by atoms with Gasteiger partial charge >= 0.3 is 0 Å². The van der Waals surface area contributed by atoms with E-state index in [1.807, 2.05) is 29.1 Å². The minimum atomic E-state index is -0.545. The molecule has 0 aliphatic carbocycles. The van der Waals surface area contributed by atoms with Crippen molar-refractivity contribution >= 4 is 22.9 Å². The van der Waals surface area contributed by atoms with Crippen molar-refractivity contribution in [2.24, 2.45) is 0 Å². The number of rotatable bonds is 4. The first-order valence-corrected chi connectivity index (χ1v) is 5.82. The summed E-state index contributed by atoms with van der Waals surface area (Å²) in [5, 5.41) is 13.7. The van der Waals surface area contributed by atoms with Crippen molar-refractivity contribution in [1.82, 2.24) is 15.3 Å². The number of amides is 1. The van der Waals surface area contributed by atoms with Crippen LogP contribution < -0.4 is 5.48 Å². The summed E-state index contributed by atoms with van der Waals surface area (Å²) in [6.45, 7) is 3.00. The zero-order valence-corrected chi connectivity index (χ0v) is 10.1. The molecule has 0 aliphatic rings. The van der Waals surface area contributed by atoms with E-state index < -0.39 is 5.91 Å². The fourth-order valence-corrected chi connectivity index (χ4v) is 1.81. The first-order valence-electron chi connectivity index (χ1n) is 5.82. The smallest absolute Gasteiger partial charge is 0.267 e. The lowest BCUT2D eigenvalue weighted by Crippen LogP contribution is -2.14. The van der Waals surface area contributed by atoms with Gasteiger partial charge in [-0.1, -0.05) is 13.0 Å². The number of nitrogens with one attached hydrogen (secondary N) is 1. The van der Waals surface area contributed by atoms with E-state index in [1.54, 1.807) is 11.6 Å². The number of hydroxylamine groups is 1. The minimum absolute atomic E-state index is 0.545. The van der Waals surface area contributed by atoms with Gasteiger partial charge in [0.1, 0.15) is 0 Å². The third kappa shape index (κ3) is 2.57. The van der Waals surface area contributed by atoms with Gasteiger partial charge in [-0.25, -0.2) is 5.48 Å². The monoisotopic (exact) mass is 245 g/mol. The number of benzene rings is 1. The van der Waals surface area contributed by atoms with Gasteiger partial charge in [0.15, 0.2) is 0 Å². The first-order chi connectivity index (χ1) is 8.74. The van der Waals surface area contributed by atoms with Gasteiger partial charge < -0.3 is 0 Å². The molecule has 5 heteroatoms. The molecule has 1 amide bonds. The number of carbonyl (C=O) groups excluding carboxylic acids is 1. The Morgan fingerprint density at radius 3 is 3.11 bits per heavy atom. The van der Waals surface area contributed by atoms with Crippen LogP contribution in [0.2, 0.25) is 0 Å². The van der Waals surface area contributed by atoms with E-state index in [4.69, 9.17) is 5.21 Å². The van der Waals surface area contributed by atoms with E-state index in [-0.39, 0.29) is 0 Å². The Bertz CT molecular complexity index is 587. The maximum absolute atomic E-state index is 10.9. The van der Waals surface area contributed by atoms with E-state index in [9.17, 15) is 4.79 Å². The Hall–Kier alpha value is -2.14. The summed E-state index contributed by atoms with van der Waals surface area (Å²) in [5.74, 6) is -0.545. The molecule has 0 unspecified atom stereocenters. The van der Waals surface area contributed by atoms with Crippen LogP contribution >= 0.6 is 0 Å². The number of aryl methyl sites for hydroxylation is 1. The summed E-state index contributed by atoms with van der Waals surface area (Å²) < 4.78 is 1.96. The summed E-state index contributed by atoms with van der Waals surface area (Å²) in [4.78, 5) is 10.9. The standard InChI is InChI=1S/C13H15N3O2/c1-2-7-16-12-5-3-10(4-6-13(17)15-18)8-11(12)9-14-16/h3-6,8-9,18H,2,7H2,1H3,(H,15,17)/b6-4+. The molecule has 1 heterocycles. The first kappa shape index (κ1) is 12.3. The summed E-state index contributed by atoms with van der Waals surface area (Å²) in [6, 6.07) is 5.85. The van der Waals surface area contributed by atoms with Gasteiger partial charge in [0.25, 0.3) is 5.91 Å². The van der Waals surface area contributed by atoms with E-state index in [0.29, 0.717) is 0 Å². The molecule has 0 saturated heterocycles. The molecule has 0 fully saturated rings. The Morgan fingerprint density at radius 1 is 1.56 bits per heavy atom. The Morgan fingerprint density at radius 2 is 2.39 bits per heavy atom. The molecule has 0 radical (unpaired) electrons. The maximum atomic E-state index is 10.9. The van der Waals surface area contributed by atoms with Crippen molar-refractivity contribution in [2.45, 2.75) is 19.9 Å². The number of hydrogen-bond donors (Lipinski definition) is 2. The lowest BCUT2D eigenvalue weighted by atomic mass is 10.1. The third-order valence-electron chi connectivity index (χ3n) is 2.64.